The molecule has 6 heteroatoms. The standard InChI is InChI=1S/C12H22F3NO2/c1-11(2,18-3)10(17)6-7-16(9-4-5-9)8-12(13,14)15/h9-10,17H,4-8H2,1-3H3. The maximum atomic E-state index is 12.4. The summed E-state index contributed by atoms with van der Waals surface area (Å²) in [4.78, 5) is 1.41. The van der Waals surface area contributed by atoms with Crippen LogP contribution in [0.5, 0.6) is 0 Å². The summed E-state index contributed by atoms with van der Waals surface area (Å²) in [5.74, 6) is 0. The third kappa shape index (κ3) is 5.12. The summed E-state index contributed by atoms with van der Waals surface area (Å²) in [6, 6.07) is 0.0319. The monoisotopic (exact) mass is 269 g/mol. The zero-order valence-electron chi connectivity index (χ0n) is 11.1. The van der Waals surface area contributed by atoms with Gasteiger partial charge in [0, 0.05) is 19.7 Å². The van der Waals surface area contributed by atoms with Crippen LogP contribution in [-0.2, 0) is 4.74 Å². The van der Waals surface area contributed by atoms with Gasteiger partial charge in [-0.1, -0.05) is 0 Å². The summed E-state index contributed by atoms with van der Waals surface area (Å²) in [6.45, 7) is 2.81. The zero-order chi connectivity index (χ0) is 14.0. The van der Waals surface area contributed by atoms with Crippen molar-refractivity contribution < 1.29 is 23.0 Å². The topological polar surface area (TPSA) is 32.7 Å². The molecule has 1 atom stereocenters. The molecule has 0 amide bonds. The van der Waals surface area contributed by atoms with E-state index in [1.165, 1.54) is 12.0 Å². The quantitative estimate of drug-likeness (QED) is 0.769. The molecule has 18 heavy (non-hydrogen) atoms. The van der Waals surface area contributed by atoms with Gasteiger partial charge >= 0.3 is 6.18 Å². The van der Waals surface area contributed by atoms with E-state index in [2.05, 4.69) is 0 Å². The summed E-state index contributed by atoms with van der Waals surface area (Å²) in [6.07, 6.45) is -3.02. The predicted octanol–water partition coefficient (Wildman–Crippen LogP) is 2.19. The Hall–Kier alpha value is -0.330. The Morgan fingerprint density at radius 2 is 1.89 bits per heavy atom. The first-order chi connectivity index (χ1) is 8.15. The molecule has 0 bridgehead atoms. The van der Waals surface area contributed by atoms with E-state index in [1.54, 1.807) is 13.8 Å². The SMILES string of the molecule is COC(C)(C)C(O)CCN(CC(F)(F)F)C1CC1. The molecular weight excluding hydrogens is 247 g/mol. The van der Waals surface area contributed by atoms with Crippen LogP contribution in [0, 0.1) is 0 Å². The molecular formula is C12H22F3NO2. The number of methoxy groups -OCH3 is 1. The molecule has 0 aromatic carbocycles. The van der Waals surface area contributed by atoms with E-state index in [4.69, 9.17) is 4.74 Å². The van der Waals surface area contributed by atoms with Crippen molar-refractivity contribution in [2.24, 2.45) is 0 Å². The van der Waals surface area contributed by atoms with E-state index < -0.39 is 24.4 Å². The van der Waals surface area contributed by atoms with Crippen molar-refractivity contribution in [1.29, 1.82) is 0 Å². The van der Waals surface area contributed by atoms with Gasteiger partial charge in [0.15, 0.2) is 0 Å². The molecule has 1 fully saturated rings. The highest BCUT2D eigenvalue weighted by Crippen LogP contribution is 2.30. The third-order valence-corrected chi connectivity index (χ3v) is 3.46. The van der Waals surface area contributed by atoms with Crippen molar-refractivity contribution in [2.45, 2.75) is 57.0 Å². The maximum absolute atomic E-state index is 12.4. The Labute approximate surface area is 106 Å². The van der Waals surface area contributed by atoms with Crippen LogP contribution in [-0.4, -0.2) is 54.1 Å². The average Bonchev–Trinajstić information content (AvgIpc) is 3.05. The zero-order valence-corrected chi connectivity index (χ0v) is 11.1. The molecule has 0 aliphatic heterocycles. The number of alkyl halides is 3. The van der Waals surface area contributed by atoms with E-state index in [1.807, 2.05) is 0 Å². The van der Waals surface area contributed by atoms with Gasteiger partial charge in [-0.2, -0.15) is 13.2 Å². The first kappa shape index (κ1) is 15.7. The first-order valence-electron chi connectivity index (χ1n) is 6.20. The van der Waals surface area contributed by atoms with Crippen LogP contribution in [0.15, 0.2) is 0 Å². The van der Waals surface area contributed by atoms with E-state index in [9.17, 15) is 18.3 Å². The molecule has 108 valence electrons. The number of halogens is 3. The van der Waals surface area contributed by atoms with Gasteiger partial charge < -0.3 is 9.84 Å². The highest BCUT2D eigenvalue weighted by Gasteiger charge is 2.38. The Morgan fingerprint density at radius 1 is 1.33 bits per heavy atom. The molecule has 1 rings (SSSR count). The van der Waals surface area contributed by atoms with Gasteiger partial charge in [0.25, 0.3) is 0 Å². The van der Waals surface area contributed by atoms with Gasteiger partial charge in [0.2, 0.25) is 0 Å². The minimum atomic E-state index is -4.18. The van der Waals surface area contributed by atoms with Crippen LogP contribution in [0.25, 0.3) is 0 Å². The Balaban J connectivity index is 2.43. The van der Waals surface area contributed by atoms with Crippen molar-refractivity contribution in [3.05, 3.63) is 0 Å². The summed E-state index contributed by atoms with van der Waals surface area (Å²) in [5.41, 5.74) is -0.729. The molecule has 1 aliphatic rings. The summed E-state index contributed by atoms with van der Waals surface area (Å²) >= 11 is 0. The van der Waals surface area contributed by atoms with Crippen molar-refractivity contribution in [3.63, 3.8) is 0 Å². The number of hydrogen-bond donors (Lipinski definition) is 1. The van der Waals surface area contributed by atoms with Gasteiger partial charge in [-0.25, -0.2) is 0 Å². The second kappa shape index (κ2) is 5.75. The minimum absolute atomic E-state index is 0.0319. The number of hydrogen-bond acceptors (Lipinski definition) is 3. The highest BCUT2D eigenvalue weighted by atomic mass is 19.4. The number of aliphatic hydroxyl groups is 1. The third-order valence-electron chi connectivity index (χ3n) is 3.46. The number of nitrogens with zero attached hydrogens (tertiary/aromatic N) is 1. The van der Waals surface area contributed by atoms with Gasteiger partial charge in [-0.05, 0) is 33.1 Å². The molecule has 0 aromatic rings. The Kier molecular flexibility index (Phi) is 5.03. The fourth-order valence-electron chi connectivity index (χ4n) is 1.83. The lowest BCUT2D eigenvalue weighted by atomic mass is 9.98. The Morgan fingerprint density at radius 3 is 2.28 bits per heavy atom. The highest BCUT2D eigenvalue weighted by molar-refractivity contribution is 4.87. The summed E-state index contributed by atoms with van der Waals surface area (Å²) in [5, 5.41) is 9.89. The van der Waals surface area contributed by atoms with Gasteiger partial charge in [0.05, 0.1) is 18.2 Å². The second-order valence-corrected chi connectivity index (χ2v) is 5.43. The second-order valence-electron chi connectivity index (χ2n) is 5.43. The molecule has 0 saturated heterocycles. The molecule has 1 aliphatic carbocycles. The molecule has 0 radical (unpaired) electrons. The number of rotatable bonds is 7. The van der Waals surface area contributed by atoms with E-state index >= 15 is 0 Å². The van der Waals surface area contributed by atoms with Crippen LogP contribution < -0.4 is 0 Å². The van der Waals surface area contributed by atoms with Crippen LogP contribution >= 0.6 is 0 Å². The summed E-state index contributed by atoms with van der Waals surface area (Å²) in [7, 11) is 1.48. The molecule has 1 saturated carbocycles. The van der Waals surface area contributed by atoms with Crippen LogP contribution in [0.2, 0.25) is 0 Å². The van der Waals surface area contributed by atoms with Crippen molar-refractivity contribution in [2.75, 3.05) is 20.2 Å². The van der Waals surface area contributed by atoms with Gasteiger partial charge in [-0.15, -0.1) is 0 Å². The van der Waals surface area contributed by atoms with Gasteiger partial charge in [0.1, 0.15) is 0 Å². The minimum Gasteiger partial charge on any atom is -0.390 e. The smallest absolute Gasteiger partial charge is 0.390 e. The molecule has 3 nitrogen and oxygen atoms in total. The molecule has 0 spiro atoms. The van der Waals surface area contributed by atoms with Crippen LogP contribution in [0.4, 0.5) is 13.2 Å². The maximum Gasteiger partial charge on any atom is 0.401 e. The van der Waals surface area contributed by atoms with Crippen LogP contribution in [0.3, 0.4) is 0 Å². The van der Waals surface area contributed by atoms with E-state index in [0.717, 1.165) is 12.8 Å². The lowest BCUT2D eigenvalue weighted by molar-refractivity contribution is -0.149. The first-order valence-corrected chi connectivity index (χ1v) is 6.20. The number of aliphatic hydroxyl groups excluding tert-OH is 1. The fraction of sp³-hybridized carbons (Fsp3) is 1.00. The normalized spacial score (nSPS) is 19.3. The molecule has 1 unspecified atom stereocenters. The predicted molar refractivity (Wildman–Crippen MR) is 62.4 cm³/mol. The lowest BCUT2D eigenvalue weighted by Gasteiger charge is -2.31. The molecule has 0 aromatic heterocycles. The van der Waals surface area contributed by atoms with Gasteiger partial charge in [-0.3, -0.25) is 4.90 Å². The summed E-state index contributed by atoms with van der Waals surface area (Å²) < 4.78 is 42.3. The average molecular weight is 269 g/mol. The van der Waals surface area contributed by atoms with Crippen molar-refractivity contribution >= 4 is 0 Å². The molecule has 0 heterocycles. The molecule has 1 N–H and O–H groups in total. The lowest BCUT2D eigenvalue weighted by Crippen LogP contribution is -2.43. The van der Waals surface area contributed by atoms with Crippen LogP contribution in [0.1, 0.15) is 33.1 Å². The fourth-order valence-corrected chi connectivity index (χ4v) is 1.83. The Bertz CT molecular complexity index is 265. The van der Waals surface area contributed by atoms with Crippen molar-refractivity contribution in [3.8, 4) is 0 Å². The van der Waals surface area contributed by atoms with E-state index in [0.29, 0.717) is 0 Å². The van der Waals surface area contributed by atoms with E-state index in [-0.39, 0.29) is 19.0 Å². The largest absolute Gasteiger partial charge is 0.401 e. The van der Waals surface area contributed by atoms with Crippen molar-refractivity contribution in [1.82, 2.24) is 4.90 Å². The number of ether oxygens (including phenoxy) is 1.